The van der Waals surface area contributed by atoms with Gasteiger partial charge in [-0.25, -0.2) is 4.39 Å². The summed E-state index contributed by atoms with van der Waals surface area (Å²) in [5, 5.41) is 0. The van der Waals surface area contributed by atoms with Crippen molar-refractivity contribution in [3.63, 3.8) is 0 Å². The molecule has 156 valence electrons. The second-order valence-electron chi connectivity index (χ2n) is 6.98. The van der Waals surface area contributed by atoms with Crippen molar-refractivity contribution < 1.29 is 31.8 Å². The molecule has 0 heterocycles. The third kappa shape index (κ3) is 6.24. The summed E-state index contributed by atoms with van der Waals surface area (Å²) in [7, 11) is 0. The molecule has 3 nitrogen and oxygen atoms in total. The van der Waals surface area contributed by atoms with Gasteiger partial charge in [0.2, 0.25) is 11.6 Å². The van der Waals surface area contributed by atoms with Crippen LogP contribution in [0.4, 0.5) is 17.6 Å². The van der Waals surface area contributed by atoms with Crippen molar-refractivity contribution in [2.75, 3.05) is 13.3 Å². The fourth-order valence-corrected chi connectivity index (χ4v) is 3.20. The number of benzene rings is 1. The van der Waals surface area contributed by atoms with E-state index in [1.807, 2.05) is 6.92 Å². The molecule has 0 radical (unpaired) electrons. The Hall–Kier alpha value is -2.05. The van der Waals surface area contributed by atoms with E-state index in [2.05, 4.69) is 0 Å². The molecule has 0 N–H and O–H groups in total. The molecule has 1 saturated carbocycles. The number of carbonyl (C=O) groups is 1. The molecule has 1 aromatic rings. The van der Waals surface area contributed by atoms with Crippen molar-refractivity contribution in [3.8, 4) is 11.5 Å². The van der Waals surface area contributed by atoms with Crippen LogP contribution >= 0.6 is 0 Å². The average Bonchev–Trinajstić information content (AvgIpc) is 2.70. The maximum absolute atomic E-state index is 14.1. The minimum absolute atomic E-state index is 0.00663. The van der Waals surface area contributed by atoms with Crippen LogP contribution in [-0.2, 0) is 4.79 Å². The Kier molecular flexibility index (Phi) is 8.80. The molecule has 2 rings (SSSR count). The first kappa shape index (κ1) is 22.2. The molecule has 0 bridgehead atoms. The predicted octanol–water partition coefficient (Wildman–Crippen LogP) is 6.07. The number of esters is 1. The normalized spacial score (nSPS) is 20.1. The van der Waals surface area contributed by atoms with Crippen LogP contribution in [0.5, 0.6) is 11.5 Å². The molecule has 0 saturated heterocycles. The van der Waals surface area contributed by atoms with Gasteiger partial charge in [-0.05, 0) is 62.7 Å². The summed E-state index contributed by atoms with van der Waals surface area (Å²) >= 11 is 0. The Morgan fingerprint density at radius 2 is 1.79 bits per heavy atom. The topological polar surface area (TPSA) is 35.5 Å². The van der Waals surface area contributed by atoms with Crippen LogP contribution in [0.2, 0.25) is 0 Å². The molecule has 1 aliphatic rings. The number of alkyl halides is 1. The van der Waals surface area contributed by atoms with Gasteiger partial charge in [-0.1, -0.05) is 6.92 Å². The van der Waals surface area contributed by atoms with E-state index in [4.69, 9.17) is 9.47 Å². The summed E-state index contributed by atoms with van der Waals surface area (Å²) in [5.41, 5.74) is 0. The van der Waals surface area contributed by atoms with E-state index in [1.165, 1.54) is 18.2 Å². The highest BCUT2D eigenvalue weighted by molar-refractivity contribution is 5.75. The van der Waals surface area contributed by atoms with Crippen LogP contribution in [-0.4, -0.2) is 19.3 Å². The molecular formula is C21H26F4O3. The van der Waals surface area contributed by atoms with Crippen molar-refractivity contribution >= 4 is 5.97 Å². The van der Waals surface area contributed by atoms with Gasteiger partial charge in [0.1, 0.15) is 0 Å². The standard InChI is InChI=1S/C21H26F4O3/c1-2-12-27-17-9-10-18(20(25)19(17)24)28-21(26)15-7-5-14(6-8-15)13-16(23)4-3-11-22/h9-10,13-15H,2-8,11-12H2,1H3. The average molecular weight is 402 g/mol. The highest BCUT2D eigenvalue weighted by atomic mass is 19.2. The highest BCUT2D eigenvalue weighted by Gasteiger charge is 2.28. The van der Waals surface area contributed by atoms with Crippen molar-refractivity contribution in [2.24, 2.45) is 11.8 Å². The van der Waals surface area contributed by atoms with Gasteiger partial charge in [0.05, 0.1) is 25.0 Å². The van der Waals surface area contributed by atoms with E-state index in [0.29, 0.717) is 32.1 Å². The first-order chi connectivity index (χ1) is 13.5. The Morgan fingerprint density at radius 1 is 1.14 bits per heavy atom. The Bertz CT molecular complexity index is 682. The summed E-state index contributed by atoms with van der Waals surface area (Å²) in [6, 6.07) is 2.41. The van der Waals surface area contributed by atoms with Gasteiger partial charge in [0.25, 0.3) is 0 Å². The molecule has 0 spiro atoms. The first-order valence-corrected chi connectivity index (χ1v) is 9.70. The predicted molar refractivity (Wildman–Crippen MR) is 97.6 cm³/mol. The van der Waals surface area contributed by atoms with Gasteiger partial charge in [-0.3, -0.25) is 9.18 Å². The lowest BCUT2D eigenvalue weighted by Gasteiger charge is -2.25. The number of rotatable bonds is 9. The zero-order chi connectivity index (χ0) is 20.5. The number of allylic oxidation sites excluding steroid dienone is 2. The van der Waals surface area contributed by atoms with Crippen molar-refractivity contribution in [1.82, 2.24) is 0 Å². The fourth-order valence-electron chi connectivity index (χ4n) is 3.20. The zero-order valence-corrected chi connectivity index (χ0v) is 16.0. The smallest absolute Gasteiger partial charge is 0.314 e. The van der Waals surface area contributed by atoms with Gasteiger partial charge in [-0.15, -0.1) is 0 Å². The number of hydrogen-bond donors (Lipinski definition) is 0. The minimum Gasteiger partial charge on any atom is -0.490 e. The van der Waals surface area contributed by atoms with Crippen molar-refractivity contribution in [2.45, 2.75) is 51.9 Å². The van der Waals surface area contributed by atoms with Crippen LogP contribution in [0.3, 0.4) is 0 Å². The number of carbonyl (C=O) groups excluding carboxylic acids is 1. The monoisotopic (exact) mass is 402 g/mol. The van der Waals surface area contributed by atoms with E-state index in [9.17, 15) is 22.4 Å². The number of halogens is 4. The van der Waals surface area contributed by atoms with E-state index in [-0.39, 0.29) is 36.9 Å². The van der Waals surface area contributed by atoms with Gasteiger partial charge in [-0.2, -0.15) is 8.78 Å². The SMILES string of the molecule is CCCOc1ccc(OC(=O)C2CCC(C=C(F)CCCF)CC2)c(F)c1F. The summed E-state index contributed by atoms with van der Waals surface area (Å²) in [4.78, 5) is 12.3. The van der Waals surface area contributed by atoms with Crippen LogP contribution in [0.15, 0.2) is 24.0 Å². The van der Waals surface area contributed by atoms with Gasteiger partial charge < -0.3 is 9.47 Å². The summed E-state index contributed by atoms with van der Waals surface area (Å²) in [6.07, 6.45) is 4.51. The largest absolute Gasteiger partial charge is 0.490 e. The number of ether oxygens (including phenoxy) is 2. The maximum atomic E-state index is 14.1. The van der Waals surface area contributed by atoms with E-state index < -0.39 is 35.9 Å². The van der Waals surface area contributed by atoms with Crippen molar-refractivity contribution in [1.29, 1.82) is 0 Å². The van der Waals surface area contributed by atoms with Crippen molar-refractivity contribution in [3.05, 3.63) is 35.7 Å². The molecule has 28 heavy (non-hydrogen) atoms. The lowest BCUT2D eigenvalue weighted by molar-refractivity contribution is -0.140. The van der Waals surface area contributed by atoms with Gasteiger partial charge in [0.15, 0.2) is 11.5 Å². The molecule has 0 aliphatic heterocycles. The van der Waals surface area contributed by atoms with E-state index >= 15 is 0 Å². The van der Waals surface area contributed by atoms with Crippen LogP contribution in [0.25, 0.3) is 0 Å². The summed E-state index contributed by atoms with van der Waals surface area (Å²) in [5.74, 6) is -4.53. The first-order valence-electron chi connectivity index (χ1n) is 9.70. The lowest BCUT2D eigenvalue weighted by Crippen LogP contribution is -2.25. The Balaban J connectivity index is 1.90. The van der Waals surface area contributed by atoms with Gasteiger partial charge in [0, 0.05) is 6.42 Å². The maximum Gasteiger partial charge on any atom is 0.314 e. The van der Waals surface area contributed by atoms with Crippen LogP contribution in [0, 0.1) is 23.5 Å². The lowest BCUT2D eigenvalue weighted by atomic mass is 9.81. The van der Waals surface area contributed by atoms with Crippen LogP contribution in [0.1, 0.15) is 51.9 Å². The molecule has 1 aliphatic carbocycles. The Morgan fingerprint density at radius 3 is 2.43 bits per heavy atom. The summed E-state index contributed by atoms with van der Waals surface area (Å²) < 4.78 is 64.0. The molecular weight excluding hydrogens is 376 g/mol. The van der Waals surface area contributed by atoms with Crippen LogP contribution < -0.4 is 9.47 Å². The van der Waals surface area contributed by atoms with E-state index in [1.54, 1.807) is 0 Å². The second kappa shape index (κ2) is 11.1. The second-order valence-corrected chi connectivity index (χ2v) is 6.98. The zero-order valence-electron chi connectivity index (χ0n) is 16.0. The third-order valence-electron chi connectivity index (χ3n) is 4.75. The fraction of sp³-hybridized carbons (Fsp3) is 0.571. The minimum atomic E-state index is -1.26. The molecule has 0 unspecified atom stereocenters. The third-order valence-corrected chi connectivity index (χ3v) is 4.75. The van der Waals surface area contributed by atoms with Gasteiger partial charge >= 0.3 is 5.97 Å². The molecule has 1 aromatic carbocycles. The quantitative estimate of drug-likeness (QED) is 0.286. The highest BCUT2D eigenvalue weighted by Crippen LogP contribution is 2.33. The molecule has 0 atom stereocenters. The Labute approximate surface area is 162 Å². The molecule has 7 heteroatoms. The molecule has 0 aromatic heterocycles. The summed E-state index contributed by atoms with van der Waals surface area (Å²) in [6.45, 7) is 1.54. The molecule has 0 amide bonds. The number of hydrogen-bond acceptors (Lipinski definition) is 3. The van der Waals surface area contributed by atoms with E-state index in [0.717, 1.165) is 0 Å². The molecule has 1 fully saturated rings.